The zero-order chi connectivity index (χ0) is 19.8. The van der Waals surface area contributed by atoms with Crippen LogP contribution in [-0.2, 0) is 5.54 Å². The molecule has 0 spiro atoms. The minimum atomic E-state index is -0.289. The molecule has 1 aliphatic carbocycles. The number of rotatable bonds is 4. The lowest BCUT2D eigenvalue weighted by Gasteiger charge is -2.42. The van der Waals surface area contributed by atoms with Gasteiger partial charge in [-0.2, -0.15) is 0 Å². The van der Waals surface area contributed by atoms with Gasteiger partial charge in [-0.1, -0.05) is 54.6 Å². The van der Waals surface area contributed by atoms with Crippen LogP contribution in [0.15, 0.2) is 65.7 Å². The van der Waals surface area contributed by atoms with Crippen LogP contribution in [0.25, 0.3) is 33.7 Å². The second kappa shape index (κ2) is 6.90. The van der Waals surface area contributed by atoms with Crippen LogP contribution in [0.5, 0.6) is 0 Å². The summed E-state index contributed by atoms with van der Waals surface area (Å²) >= 11 is 0. The maximum Gasteiger partial charge on any atom is 0.278 e. The predicted molar refractivity (Wildman–Crippen MR) is 113 cm³/mol. The van der Waals surface area contributed by atoms with Gasteiger partial charge in [-0.05, 0) is 31.9 Å². The number of fused-ring (bicyclic) bond motifs is 1. The summed E-state index contributed by atoms with van der Waals surface area (Å²) in [6.45, 7) is 0. The van der Waals surface area contributed by atoms with E-state index in [0.717, 1.165) is 29.7 Å². The lowest BCUT2D eigenvalue weighted by atomic mass is 9.72. The molecule has 2 aromatic heterocycles. The summed E-state index contributed by atoms with van der Waals surface area (Å²) in [5.74, 6) is 0. The van der Waals surface area contributed by atoms with Gasteiger partial charge in [0.1, 0.15) is 0 Å². The van der Waals surface area contributed by atoms with Crippen LogP contribution in [0.4, 0.5) is 0 Å². The molecule has 29 heavy (non-hydrogen) atoms. The third-order valence-corrected chi connectivity index (χ3v) is 5.92. The van der Waals surface area contributed by atoms with Crippen molar-refractivity contribution >= 4 is 11.2 Å². The highest BCUT2D eigenvalue weighted by Crippen LogP contribution is 2.41. The van der Waals surface area contributed by atoms with Crippen molar-refractivity contribution in [3.8, 4) is 22.5 Å². The van der Waals surface area contributed by atoms with E-state index in [1.54, 1.807) is 0 Å². The molecule has 1 saturated carbocycles. The first-order valence-electron chi connectivity index (χ1n) is 9.81. The summed E-state index contributed by atoms with van der Waals surface area (Å²) in [4.78, 5) is 28.4. The maximum atomic E-state index is 12.2. The van der Waals surface area contributed by atoms with Gasteiger partial charge in [0.15, 0.2) is 11.2 Å². The van der Waals surface area contributed by atoms with Crippen LogP contribution < -0.4 is 10.9 Å². The van der Waals surface area contributed by atoms with Gasteiger partial charge in [0, 0.05) is 16.7 Å². The average molecular weight is 383 g/mol. The van der Waals surface area contributed by atoms with Gasteiger partial charge in [0.2, 0.25) is 0 Å². The molecule has 0 atom stereocenters. The normalized spacial score (nSPS) is 15.2. The fraction of sp³-hybridized carbons (Fsp3) is 0.217. The fourth-order valence-electron chi connectivity index (χ4n) is 4.05. The van der Waals surface area contributed by atoms with Crippen LogP contribution in [0.3, 0.4) is 0 Å². The van der Waals surface area contributed by atoms with Crippen molar-refractivity contribution in [2.24, 2.45) is 0 Å². The molecule has 5 rings (SSSR count). The Kier molecular flexibility index (Phi) is 4.21. The summed E-state index contributed by atoms with van der Waals surface area (Å²) in [7, 11) is 2.03. The quantitative estimate of drug-likeness (QED) is 0.562. The maximum absolute atomic E-state index is 12.2. The molecule has 6 nitrogen and oxygen atoms in total. The Morgan fingerprint density at radius 2 is 1.62 bits per heavy atom. The smallest absolute Gasteiger partial charge is 0.278 e. The SMILES string of the molecule is CNC1(c2ccc(-c3nc4nc[nH]c(=O)c4nc3-c3ccccc3)cc2)CCC1. The molecule has 0 bridgehead atoms. The van der Waals surface area contributed by atoms with E-state index in [0.29, 0.717) is 11.3 Å². The van der Waals surface area contributed by atoms with Gasteiger partial charge in [-0.15, -0.1) is 0 Å². The molecular formula is C23H21N5O. The van der Waals surface area contributed by atoms with Gasteiger partial charge in [-0.25, -0.2) is 15.0 Å². The van der Waals surface area contributed by atoms with Crippen molar-refractivity contribution in [2.75, 3.05) is 7.05 Å². The van der Waals surface area contributed by atoms with Crippen LogP contribution in [-0.4, -0.2) is 27.0 Å². The standard InChI is InChI=1S/C23H21N5O/c1-24-23(12-5-13-23)17-10-8-16(9-11-17)19-18(15-6-3-2-4-7-15)27-20-21(28-19)25-14-26-22(20)29/h2-4,6-11,14,24H,5,12-13H2,1H3,(H,25,26,28,29). The fourth-order valence-corrected chi connectivity index (χ4v) is 4.05. The molecule has 0 radical (unpaired) electrons. The van der Waals surface area contributed by atoms with Gasteiger partial charge in [-0.3, -0.25) is 4.79 Å². The van der Waals surface area contributed by atoms with E-state index in [1.807, 2.05) is 37.4 Å². The van der Waals surface area contributed by atoms with E-state index < -0.39 is 0 Å². The second-order valence-electron chi connectivity index (χ2n) is 7.45. The lowest BCUT2D eigenvalue weighted by Crippen LogP contribution is -2.45. The molecule has 6 heteroatoms. The van der Waals surface area contributed by atoms with Crippen LogP contribution in [0, 0.1) is 0 Å². The molecular weight excluding hydrogens is 362 g/mol. The Morgan fingerprint density at radius 1 is 0.931 bits per heavy atom. The van der Waals surface area contributed by atoms with Gasteiger partial charge in [0.25, 0.3) is 5.56 Å². The lowest BCUT2D eigenvalue weighted by molar-refractivity contribution is 0.201. The molecule has 2 aromatic carbocycles. The Hall–Kier alpha value is -3.38. The highest BCUT2D eigenvalue weighted by Gasteiger charge is 2.36. The van der Waals surface area contributed by atoms with Crippen molar-refractivity contribution in [3.63, 3.8) is 0 Å². The topological polar surface area (TPSA) is 83.6 Å². The summed E-state index contributed by atoms with van der Waals surface area (Å²) in [5, 5.41) is 3.48. The van der Waals surface area contributed by atoms with Crippen molar-refractivity contribution in [1.82, 2.24) is 25.3 Å². The molecule has 0 amide bonds. The Bertz CT molecular complexity index is 1220. The zero-order valence-electron chi connectivity index (χ0n) is 16.1. The first kappa shape index (κ1) is 17.7. The highest BCUT2D eigenvalue weighted by atomic mass is 16.1. The minimum absolute atomic E-state index is 0.0880. The Morgan fingerprint density at radius 3 is 2.28 bits per heavy atom. The van der Waals surface area contributed by atoms with Crippen molar-refractivity contribution in [3.05, 3.63) is 76.8 Å². The van der Waals surface area contributed by atoms with Gasteiger partial charge >= 0.3 is 0 Å². The Balaban J connectivity index is 1.68. The number of hydrogen-bond acceptors (Lipinski definition) is 5. The van der Waals surface area contributed by atoms with E-state index in [2.05, 4.69) is 44.5 Å². The number of benzene rings is 2. The number of aromatic amines is 1. The van der Waals surface area contributed by atoms with E-state index in [-0.39, 0.29) is 16.6 Å². The van der Waals surface area contributed by atoms with Crippen molar-refractivity contribution in [2.45, 2.75) is 24.8 Å². The molecule has 1 aliphatic rings. The van der Waals surface area contributed by atoms with Crippen molar-refractivity contribution in [1.29, 1.82) is 0 Å². The number of nitrogens with one attached hydrogen (secondary N) is 2. The third kappa shape index (κ3) is 2.93. The number of H-pyrrole nitrogens is 1. The molecule has 0 aliphatic heterocycles. The largest absolute Gasteiger partial charge is 0.311 e. The predicted octanol–water partition coefficient (Wildman–Crippen LogP) is 3.65. The summed E-state index contributed by atoms with van der Waals surface area (Å²) in [5.41, 5.74) is 4.95. The molecule has 0 unspecified atom stereocenters. The number of hydrogen-bond donors (Lipinski definition) is 2. The molecule has 2 N–H and O–H groups in total. The minimum Gasteiger partial charge on any atom is -0.311 e. The van der Waals surface area contributed by atoms with Crippen LogP contribution in [0.1, 0.15) is 24.8 Å². The second-order valence-corrected chi connectivity index (χ2v) is 7.45. The molecule has 4 aromatic rings. The first-order valence-corrected chi connectivity index (χ1v) is 9.81. The third-order valence-electron chi connectivity index (χ3n) is 5.92. The van der Waals surface area contributed by atoms with E-state index >= 15 is 0 Å². The van der Waals surface area contributed by atoms with E-state index in [1.165, 1.54) is 18.3 Å². The molecule has 0 saturated heterocycles. The van der Waals surface area contributed by atoms with Gasteiger partial charge < -0.3 is 10.3 Å². The average Bonchev–Trinajstić information content (AvgIpc) is 2.74. The molecule has 144 valence electrons. The summed E-state index contributed by atoms with van der Waals surface area (Å²) in [6, 6.07) is 18.3. The molecule has 2 heterocycles. The monoisotopic (exact) mass is 383 g/mol. The molecule has 1 fully saturated rings. The van der Waals surface area contributed by atoms with Crippen LogP contribution >= 0.6 is 0 Å². The highest BCUT2D eigenvalue weighted by molar-refractivity contribution is 5.84. The van der Waals surface area contributed by atoms with E-state index in [4.69, 9.17) is 4.98 Å². The first-order chi connectivity index (χ1) is 14.2. The number of aromatic nitrogens is 4. The zero-order valence-corrected chi connectivity index (χ0v) is 16.1. The summed E-state index contributed by atoms with van der Waals surface area (Å²) in [6.07, 6.45) is 4.92. The van der Waals surface area contributed by atoms with Crippen LogP contribution in [0.2, 0.25) is 0 Å². The van der Waals surface area contributed by atoms with Gasteiger partial charge in [0.05, 0.1) is 17.7 Å². The Labute approximate surface area is 168 Å². The van der Waals surface area contributed by atoms with E-state index in [9.17, 15) is 4.79 Å². The van der Waals surface area contributed by atoms with Crippen molar-refractivity contribution < 1.29 is 0 Å². The summed E-state index contributed by atoms with van der Waals surface area (Å²) < 4.78 is 0. The number of nitrogens with zero attached hydrogens (tertiary/aromatic N) is 3.